The molecule has 0 bridgehead atoms. The van der Waals surface area contributed by atoms with E-state index in [1.807, 2.05) is 65.4 Å². The molecule has 2 aromatic heterocycles. The van der Waals surface area contributed by atoms with Gasteiger partial charge in [-0.2, -0.15) is 0 Å². The number of methoxy groups -OCH3 is 1. The highest BCUT2D eigenvalue weighted by Crippen LogP contribution is 2.26. The Bertz CT molecular complexity index is 1070. The highest BCUT2D eigenvalue weighted by atomic mass is 32.1. The Labute approximate surface area is 160 Å². The topological polar surface area (TPSA) is 69.0 Å². The molecule has 0 saturated carbocycles. The lowest BCUT2D eigenvalue weighted by atomic mass is 10.2. The molecule has 2 aromatic carbocycles. The van der Waals surface area contributed by atoms with Gasteiger partial charge in [0.25, 0.3) is 0 Å². The minimum absolute atomic E-state index is 0.141. The third kappa shape index (κ3) is 3.83. The number of nitrogens with zero attached hydrogens (tertiary/aromatic N) is 3. The lowest BCUT2D eigenvalue weighted by molar-refractivity contribution is -0.116. The van der Waals surface area contributed by atoms with E-state index in [4.69, 9.17) is 4.74 Å². The molecule has 0 atom stereocenters. The number of fused-ring (bicyclic) bond motifs is 1. The molecule has 0 aliphatic carbocycles. The molecule has 1 N–H and O–H groups in total. The number of amides is 1. The molecule has 2 heterocycles. The highest BCUT2D eigenvalue weighted by Gasteiger charge is 2.12. The first-order valence-electron chi connectivity index (χ1n) is 8.51. The lowest BCUT2D eigenvalue weighted by Crippen LogP contribution is -2.18. The zero-order valence-corrected chi connectivity index (χ0v) is 15.6. The summed E-state index contributed by atoms with van der Waals surface area (Å²) in [5.74, 6) is 0.652. The van der Waals surface area contributed by atoms with Gasteiger partial charge >= 0.3 is 0 Å². The fraction of sp³-hybridized carbons (Fsp3) is 0.150. The van der Waals surface area contributed by atoms with Crippen LogP contribution >= 0.6 is 11.3 Å². The van der Waals surface area contributed by atoms with Crippen LogP contribution in [0, 0.1) is 0 Å². The van der Waals surface area contributed by atoms with Gasteiger partial charge in [0.1, 0.15) is 17.3 Å². The number of rotatable bonds is 6. The second-order valence-electron chi connectivity index (χ2n) is 6.05. The summed E-state index contributed by atoms with van der Waals surface area (Å²) in [6.45, 7) is 0.199. The van der Waals surface area contributed by atoms with E-state index in [-0.39, 0.29) is 12.5 Å². The lowest BCUT2D eigenvalue weighted by Gasteiger charge is -2.06. The number of anilines is 1. The van der Waals surface area contributed by atoms with Crippen LogP contribution in [0.15, 0.2) is 60.8 Å². The summed E-state index contributed by atoms with van der Waals surface area (Å²) >= 11 is 1.39. The van der Waals surface area contributed by atoms with Crippen molar-refractivity contribution in [3.63, 3.8) is 0 Å². The molecule has 0 aliphatic heterocycles. The highest BCUT2D eigenvalue weighted by molar-refractivity contribution is 7.15. The quantitative estimate of drug-likeness (QED) is 0.555. The van der Waals surface area contributed by atoms with Crippen LogP contribution < -0.4 is 10.1 Å². The maximum Gasteiger partial charge on any atom is 0.246 e. The van der Waals surface area contributed by atoms with Crippen molar-refractivity contribution in [1.29, 1.82) is 0 Å². The molecule has 0 saturated heterocycles. The summed E-state index contributed by atoms with van der Waals surface area (Å²) < 4.78 is 7.25. The third-order valence-electron chi connectivity index (χ3n) is 4.22. The molecule has 0 fully saturated rings. The molecule has 0 aliphatic rings. The Hall–Kier alpha value is -3.19. The zero-order valence-electron chi connectivity index (χ0n) is 14.8. The van der Waals surface area contributed by atoms with Gasteiger partial charge in [0.05, 0.1) is 12.6 Å². The molecule has 27 heavy (non-hydrogen) atoms. The molecule has 7 heteroatoms. The third-order valence-corrected chi connectivity index (χ3v) is 5.06. The van der Waals surface area contributed by atoms with Gasteiger partial charge in [0.15, 0.2) is 0 Å². The Kier molecular flexibility index (Phi) is 4.84. The second-order valence-corrected chi connectivity index (χ2v) is 7.11. The Morgan fingerprint density at radius 3 is 2.78 bits per heavy atom. The maximum absolute atomic E-state index is 12.4. The Balaban J connectivity index is 1.43. The van der Waals surface area contributed by atoms with Crippen molar-refractivity contribution in [3.05, 3.63) is 71.4 Å². The van der Waals surface area contributed by atoms with Crippen molar-refractivity contribution < 1.29 is 9.53 Å². The predicted octanol–water partition coefficient (Wildman–Crippen LogP) is 3.73. The summed E-state index contributed by atoms with van der Waals surface area (Å²) in [5, 5.41) is 13.4. The SMILES string of the molecule is COc1cccc2c1ccn2CC(=O)Nc1nnc(Cc2ccccc2)s1. The fourth-order valence-corrected chi connectivity index (χ4v) is 3.76. The van der Waals surface area contributed by atoms with Crippen LogP contribution in [0.25, 0.3) is 10.9 Å². The summed E-state index contributed by atoms with van der Waals surface area (Å²) in [5.41, 5.74) is 2.12. The van der Waals surface area contributed by atoms with Crippen LogP contribution in [0.1, 0.15) is 10.6 Å². The van der Waals surface area contributed by atoms with E-state index in [9.17, 15) is 4.79 Å². The van der Waals surface area contributed by atoms with Crippen molar-refractivity contribution in [2.24, 2.45) is 0 Å². The van der Waals surface area contributed by atoms with Crippen molar-refractivity contribution in [2.75, 3.05) is 12.4 Å². The molecular formula is C20H18N4O2S. The van der Waals surface area contributed by atoms with Crippen LogP contribution in [-0.4, -0.2) is 27.8 Å². The summed E-state index contributed by atoms with van der Waals surface area (Å²) in [6, 6.07) is 17.8. The van der Waals surface area contributed by atoms with E-state index in [1.165, 1.54) is 16.9 Å². The Morgan fingerprint density at radius 2 is 1.96 bits per heavy atom. The monoisotopic (exact) mass is 378 g/mol. The molecule has 4 aromatic rings. The zero-order chi connectivity index (χ0) is 18.6. The Morgan fingerprint density at radius 1 is 1.11 bits per heavy atom. The van der Waals surface area contributed by atoms with Crippen LogP contribution in [0.2, 0.25) is 0 Å². The van der Waals surface area contributed by atoms with Crippen molar-refractivity contribution in [2.45, 2.75) is 13.0 Å². The van der Waals surface area contributed by atoms with Gasteiger partial charge in [0.2, 0.25) is 11.0 Å². The minimum atomic E-state index is -0.141. The van der Waals surface area contributed by atoms with Gasteiger partial charge in [-0.15, -0.1) is 10.2 Å². The molecule has 136 valence electrons. The summed E-state index contributed by atoms with van der Waals surface area (Å²) in [6.07, 6.45) is 2.59. The van der Waals surface area contributed by atoms with Gasteiger partial charge in [-0.1, -0.05) is 47.7 Å². The number of hydrogen-bond acceptors (Lipinski definition) is 5. The molecule has 6 nitrogen and oxygen atoms in total. The van der Waals surface area contributed by atoms with E-state index >= 15 is 0 Å². The molecular weight excluding hydrogens is 360 g/mol. The molecule has 0 unspecified atom stereocenters. The van der Waals surface area contributed by atoms with E-state index in [1.54, 1.807) is 7.11 Å². The number of nitrogens with one attached hydrogen (secondary N) is 1. The van der Waals surface area contributed by atoms with Crippen LogP contribution in [-0.2, 0) is 17.8 Å². The van der Waals surface area contributed by atoms with Gasteiger partial charge in [0, 0.05) is 18.0 Å². The van der Waals surface area contributed by atoms with Gasteiger partial charge in [-0.3, -0.25) is 10.1 Å². The molecule has 1 amide bonds. The van der Waals surface area contributed by atoms with Crippen LogP contribution in [0.4, 0.5) is 5.13 Å². The average Bonchev–Trinajstić information content (AvgIpc) is 3.29. The van der Waals surface area contributed by atoms with E-state index in [0.717, 1.165) is 21.7 Å². The molecule has 0 radical (unpaired) electrons. The van der Waals surface area contributed by atoms with Gasteiger partial charge in [-0.25, -0.2) is 0 Å². The van der Waals surface area contributed by atoms with E-state index in [2.05, 4.69) is 15.5 Å². The number of ether oxygens (including phenoxy) is 1. The van der Waals surface area contributed by atoms with Crippen molar-refractivity contribution >= 4 is 33.3 Å². The van der Waals surface area contributed by atoms with E-state index in [0.29, 0.717) is 11.6 Å². The fourth-order valence-electron chi connectivity index (χ4n) is 2.97. The summed E-state index contributed by atoms with van der Waals surface area (Å²) in [7, 11) is 1.64. The largest absolute Gasteiger partial charge is 0.496 e. The second kappa shape index (κ2) is 7.59. The molecule has 0 spiro atoms. The average molecular weight is 378 g/mol. The minimum Gasteiger partial charge on any atom is -0.496 e. The normalized spacial score (nSPS) is 10.9. The molecule has 4 rings (SSSR count). The van der Waals surface area contributed by atoms with Crippen LogP contribution in [0.5, 0.6) is 5.75 Å². The van der Waals surface area contributed by atoms with E-state index < -0.39 is 0 Å². The maximum atomic E-state index is 12.4. The first kappa shape index (κ1) is 17.2. The van der Waals surface area contributed by atoms with Crippen molar-refractivity contribution in [3.8, 4) is 5.75 Å². The van der Waals surface area contributed by atoms with Gasteiger partial charge < -0.3 is 9.30 Å². The first-order valence-corrected chi connectivity index (χ1v) is 9.32. The number of carbonyl (C=O) groups is 1. The predicted molar refractivity (Wildman–Crippen MR) is 106 cm³/mol. The van der Waals surface area contributed by atoms with Crippen molar-refractivity contribution in [1.82, 2.24) is 14.8 Å². The first-order chi connectivity index (χ1) is 13.2. The standard InChI is InChI=1S/C20H18N4O2S/c1-26-17-9-5-8-16-15(17)10-11-24(16)13-18(25)21-20-23-22-19(27-20)12-14-6-3-2-4-7-14/h2-11H,12-13H2,1H3,(H,21,23,25). The number of carbonyl (C=O) groups excluding carboxylic acids is 1. The summed E-state index contributed by atoms with van der Waals surface area (Å²) in [4.78, 5) is 12.4. The smallest absolute Gasteiger partial charge is 0.246 e. The number of benzene rings is 2. The van der Waals surface area contributed by atoms with Crippen LogP contribution in [0.3, 0.4) is 0 Å². The van der Waals surface area contributed by atoms with Gasteiger partial charge in [-0.05, 0) is 23.8 Å². The number of hydrogen-bond donors (Lipinski definition) is 1. The number of aromatic nitrogens is 3.